The highest BCUT2D eigenvalue weighted by molar-refractivity contribution is 5.74. The molecule has 2 fully saturated rings. The van der Waals surface area contributed by atoms with Gasteiger partial charge in [-0.25, -0.2) is 4.79 Å². The van der Waals surface area contributed by atoms with Crippen LogP contribution < -0.4 is 5.32 Å². The second-order valence-corrected chi connectivity index (χ2v) is 8.92. The predicted molar refractivity (Wildman–Crippen MR) is 112 cm³/mol. The topological polar surface area (TPSA) is 105 Å². The number of rotatable bonds is 6. The molecule has 2 aromatic heterocycles. The summed E-state index contributed by atoms with van der Waals surface area (Å²) in [5.74, 6) is 4.06. The fourth-order valence-corrected chi connectivity index (χ4v) is 4.94. The lowest BCUT2D eigenvalue weighted by atomic mass is 9.89. The van der Waals surface area contributed by atoms with Crippen molar-refractivity contribution in [1.29, 1.82) is 0 Å². The molecule has 10 heteroatoms. The maximum absolute atomic E-state index is 12.5. The highest BCUT2D eigenvalue weighted by Crippen LogP contribution is 2.31. The molecule has 1 saturated carbocycles. The number of carbonyl (C=O) groups is 1. The number of aromatic nitrogens is 5. The molecule has 0 atom stereocenters. The summed E-state index contributed by atoms with van der Waals surface area (Å²) in [7, 11) is 0. The maximum atomic E-state index is 12.5. The average molecular weight is 429 g/mol. The molecule has 2 aliphatic heterocycles. The number of fused-ring (bicyclic) bond motifs is 1. The number of piperazine rings is 1. The first-order valence-corrected chi connectivity index (χ1v) is 11.7. The van der Waals surface area contributed by atoms with Gasteiger partial charge in [0.2, 0.25) is 5.89 Å². The predicted octanol–water partition coefficient (Wildman–Crippen LogP) is 1.72. The summed E-state index contributed by atoms with van der Waals surface area (Å²) in [6, 6.07) is -0.0000402. The largest absolute Gasteiger partial charge is 0.339 e. The van der Waals surface area contributed by atoms with Gasteiger partial charge < -0.3 is 19.3 Å². The van der Waals surface area contributed by atoms with Crippen LogP contribution in [0.25, 0.3) is 0 Å². The molecule has 0 spiro atoms. The highest BCUT2D eigenvalue weighted by Gasteiger charge is 2.25. The Labute approximate surface area is 182 Å². The summed E-state index contributed by atoms with van der Waals surface area (Å²) in [6.45, 7) is 5.32. The summed E-state index contributed by atoms with van der Waals surface area (Å²) in [4.78, 5) is 21.3. The Morgan fingerprint density at radius 1 is 1.03 bits per heavy atom. The Hall–Kier alpha value is -2.49. The number of aryl methyl sites for hydroxylation is 1. The number of hydrogen-bond donors (Lipinski definition) is 1. The van der Waals surface area contributed by atoms with Crippen molar-refractivity contribution in [1.82, 2.24) is 40.0 Å². The standard InChI is InChI=1S/C21H32N8O2/c30-21(22-9-8-19-25-24-18-7-4-10-29(18)19)28-13-11-27(12-14-28)15-17-23-20(31-26-17)16-5-2-1-3-6-16/h16H,1-15H2,(H,22,30). The van der Waals surface area contributed by atoms with Gasteiger partial charge in [0.1, 0.15) is 11.6 Å². The lowest BCUT2D eigenvalue weighted by molar-refractivity contribution is 0.133. The average Bonchev–Trinajstić information content (AvgIpc) is 3.53. The molecule has 2 amide bonds. The summed E-state index contributed by atoms with van der Waals surface area (Å²) in [6.07, 6.45) is 9.03. The van der Waals surface area contributed by atoms with E-state index >= 15 is 0 Å². The van der Waals surface area contributed by atoms with Gasteiger partial charge in [-0.05, 0) is 19.3 Å². The van der Waals surface area contributed by atoms with Crippen LogP contribution in [-0.4, -0.2) is 73.5 Å². The van der Waals surface area contributed by atoms with Crippen LogP contribution in [0.2, 0.25) is 0 Å². The minimum atomic E-state index is -0.0000402. The first-order valence-electron chi connectivity index (χ1n) is 11.7. The molecule has 2 aromatic rings. The Balaban J connectivity index is 1.03. The van der Waals surface area contributed by atoms with E-state index in [-0.39, 0.29) is 6.03 Å². The zero-order chi connectivity index (χ0) is 21.0. The Kier molecular flexibility index (Phi) is 6.15. The molecule has 1 saturated heterocycles. The quantitative estimate of drug-likeness (QED) is 0.747. The summed E-state index contributed by atoms with van der Waals surface area (Å²) in [5, 5.41) is 15.7. The van der Waals surface area contributed by atoms with Crippen LogP contribution in [-0.2, 0) is 25.9 Å². The molecule has 0 unspecified atom stereocenters. The smallest absolute Gasteiger partial charge is 0.317 e. The van der Waals surface area contributed by atoms with Crippen LogP contribution in [0.15, 0.2) is 4.52 Å². The number of urea groups is 1. The zero-order valence-electron chi connectivity index (χ0n) is 18.1. The van der Waals surface area contributed by atoms with Gasteiger partial charge in [-0.15, -0.1) is 10.2 Å². The van der Waals surface area contributed by atoms with Crippen molar-refractivity contribution in [3.63, 3.8) is 0 Å². The van der Waals surface area contributed by atoms with Gasteiger partial charge in [0.15, 0.2) is 5.82 Å². The summed E-state index contributed by atoms with van der Waals surface area (Å²) < 4.78 is 7.72. The van der Waals surface area contributed by atoms with Crippen LogP contribution in [0.3, 0.4) is 0 Å². The van der Waals surface area contributed by atoms with E-state index in [9.17, 15) is 4.79 Å². The van der Waals surface area contributed by atoms with E-state index in [2.05, 4.69) is 35.1 Å². The molecule has 0 bridgehead atoms. The first kappa shape index (κ1) is 20.4. The Bertz CT molecular complexity index is 880. The van der Waals surface area contributed by atoms with Crippen molar-refractivity contribution in [3.8, 4) is 0 Å². The molecule has 1 aliphatic carbocycles. The third kappa shape index (κ3) is 4.73. The molecule has 168 valence electrons. The van der Waals surface area contributed by atoms with Crippen molar-refractivity contribution in [3.05, 3.63) is 23.4 Å². The van der Waals surface area contributed by atoms with E-state index in [1.165, 1.54) is 19.3 Å². The Morgan fingerprint density at radius 2 is 1.87 bits per heavy atom. The van der Waals surface area contributed by atoms with Crippen molar-refractivity contribution in [2.75, 3.05) is 32.7 Å². The molecule has 3 aliphatic rings. The lowest BCUT2D eigenvalue weighted by Gasteiger charge is -2.34. The van der Waals surface area contributed by atoms with E-state index in [1.807, 2.05) is 4.90 Å². The normalized spacial score (nSPS) is 20.2. The number of carbonyl (C=O) groups excluding carboxylic acids is 1. The van der Waals surface area contributed by atoms with E-state index in [0.29, 0.717) is 32.1 Å². The number of hydrogen-bond acceptors (Lipinski definition) is 7. The number of amides is 2. The SMILES string of the molecule is O=C(NCCc1nnc2n1CCC2)N1CCN(Cc2noc(C3CCCCC3)n2)CC1. The second-order valence-electron chi connectivity index (χ2n) is 8.92. The Morgan fingerprint density at radius 3 is 2.71 bits per heavy atom. The van der Waals surface area contributed by atoms with Crippen LogP contribution >= 0.6 is 0 Å². The number of nitrogens with one attached hydrogen (secondary N) is 1. The van der Waals surface area contributed by atoms with Gasteiger partial charge in [0.25, 0.3) is 0 Å². The molecule has 1 N–H and O–H groups in total. The second kappa shape index (κ2) is 9.33. The maximum Gasteiger partial charge on any atom is 0.317 e. The fraction of sp³-hybridized carbons (Fsp3) is 0.762. The van der Waals surface area contributed by atoms with Crippen molar-refractivity contribution in [2.24, 2.45) is 0 Å². The van der Waals surface area contributed by atoms with Crippen LogP contribution in [0.1, 0.15) is 67.8 Å². The van der Waals surface area contributed by atoms with E-state index in [4.69, 9.17) is 4.52 Å². The van der Waals surface area contributed by atoms with Crippen LogP contribution in [0.4, 0.5) is 4.79 Å². The summed E-state index contributed by atoms with van der Waals surface area (Å²) >= 11 is 0. The van der Waals surface area contributed by atoms with Gasteiger partial charge >= 0.3 is 6.03 Å². The van der Waals surface area contributed by atoms with Gasteiger partial charge in [0, 0.05) is 58.0 Å². The third-order valence-electron chi connectivity index (χ3n) is 6.77. The molecule has 4 heterocycles. The van der Waals surface area contributed by atoms with Crippen molar-refractivity contribution < 1.29 is 9.32 Å². The van der Waals surface area contributed by atoms with Crippen molar-refractivity contribution in [2.45, 2.75) is 70.4 Å². The van der Waals surface area contributed by atoms with Gasteiger partial charge in [-0.2, -0.15) is 4.98 Å². The molecular weight excluding hydrogens is 396 g/mol. The zero-order valence-corrected chi connectivity index (χ0v) is 18.1. The van der Waals surface area contributed by atoms with Crippen molar-refractivity contribution >= 4 is 6.03 Å². The molecule has 10 nitrogen and oxygen atoms in total. The van der Waals surface area contributed by atoms with E-state index < -0.39 is 0 Å². The van der Waals surface area contributed by atoms with E-state index in [1.54, 1.807) is 0 Å². The van der Waals surface area contributed by atoms with Crippen LogP contribution in [0.5, 0.6) is 0 Å². The molecule has 31 heavy (non-hydrogen) atoms. The van der Waals surface area contributed by atoms with Gasteiger partial charge in [0.05, 0.1) is 6.54 Å². The summed E-state index contributed by atoms with van der Waals surface area (Å²) in [5.41, 5.74) is 0. The van der Waals surface area contributed by atoms with Crippen LogP contribution in [0, 0.1) is 0 Å². The minimum absolute atomic E-state index is 0.0000402. The van der Waals surface area contributed by atoms with E-state index in [0.717, 1.165) is 75.1 Å². The van der Waals surface area contributed by atoms with Gasteiger partial charge in [-0.1, -0.05) is 24.4 Å². The minimum Gasteiger partial charge on any atom is -0.339 e. The lowest BCUT2D eigenvalue weighted by Crippen LogP contribution is -2.51. The molecule has 5 rings (SSSR count). The molecule has 0 radical (unpaired) electrons. The van der Waals surface area contributed by atoms with Gasteiger partial charge in [-0.3, -0.25) is 4.90 Å². The third-order valence-corrected chi connectivity index (χ3v) is 6.77. The fourth-order valence-electron chi connectivity index (χ4n) is 4.94. The highest BCUT2D eigenvalue weighted by atomic mass is 16.5. The number of nitrogens with zero attached hydrogens (tertiary/aromatic N) is 7. The molecule has 0 aromatic carbocycles. The molecular formula is C21H32N8O2. The monoisotopic (exact) mass is 428 g/mol. The first-order chi connectivity index (χ1) is 15.3.